The summed E-state index contributed by atoms with van der Waals surface area (Å²) in [5.41, 5.74) is 1.54. The average Bonchev–Trinajstić information content (AvgIpc) is 3.27. The lowest BCUT2D eigenvalue weighted by Crippen LogP contribution is -2.60. The molecule has 2 heterocycles. The highest BCUT2D eigenvalue weighted by Crippen LogP contribution is 2.33. The van der Waals surface area contributed by atoms with Crippen LogP contribution in [-0.2, 0) is 19.8 Å². The van der Waals surface area contributed by atoms with Crippen molar-refractivity contribution in [2.45, 2.75) is 102 Å². The van der Waals surface area contributed by atoms with Crippen LogP contribution in [0.5, 0.6) is 0 Å². The number of hydrogen-bond donors (Lipinski definition) is 3. The minimum absolute atomic E-state index is 0.0419. The maximum absolute atomic E-state index is 14.2. The molecule has 1 saturated carbocycles. The SMILES string of the molecule is CC(C)(C)c1ccc(N(C(=O)[C@H]2C[C@@H](O)CN2C#N)C(C(=O)NC2CCCCC2)C2CCNC(=O)C2)cc1. The van der Waals surface area contributed by atoms with Crippen molar-refractivity contribution in [2.75, 3.05) is 18.0 Å². The molecule has 0 spiro atoms. The molecular formula is C29H41N5O4. The van der Waals surface area contributed by atoms with E-state index in [-0.39, 0.29) is 48.6 Å². The van der Waals surface area contributed by atoms with Gasteiger partial charge in [0.25, 0.3) is 5.91 Å². The lowest BCUT2D eigenvalue weighted by molar-refractivity contribution is -0.131. The Morgan fingerprint density at radius 1 is 1.16 bits per heavy atom. The van der Waals surface area contributed by atoms with E-state index in [0.29, 0.717) is 18.7 Å². The van der Waals surface area contributed by atoms with Crippen molar-refractivity contribution in [1.29, 1.82) is 5.26 Å². The average molecular weight is 524 g/mol. The van der Waals surface area contributed by atoms with Gasteiger partial charge < -0.3 is 15.7 Å². The molecule has 3 N–H and O–H groups in total. The first kappa shape index (κ1) is 27.9. The number of piperidine rings is 1. The Bertz CT molecular complexity index is 1050. The van der Waals surface area contributed by atoms with Gasteiger partial charge in [-0.05, 0) is 48.3 Å². The first-order valence-corrected chi connectivity index (χ1v) is 13.9. The Morgan fingerprint density at radius 2 is 1.84 bits per heavy atom. The first-order valence-electron chi connectivity index (χ1n) is 13.9. The quantitative estimate of drug-likeness (QED) is 0.492. The van der Waals surface area contributed by atoms with Gasteiger partial charge in [0.05, 0.1) is 12.6 Å². The topological polar surface area (TPSA) is 126 Å². The molecule has 4 rings (SSSR count). The molecule has 9 nitrogen and oxygen atoms in total. The Balaban J connectivity index is 1.76. The predicted molar refractivity (Wildman–Crippen MR) is 144 cm³/mol. The third kappa shape index (κ3) is 6.29. The number of β-amino-alcohol motifs (C(OH)–C–C–N with tert-alkyl or cyclic N) is 1. The third-order valence-corrected chi connectivity index (χ3v) is 8.17. The van der Waals surface area contributed by atoms with Gasteiger partial charge in [-0.25, -0.2) is 0 Å². The molecule has 206 valence electrons. The molecule has 3 fully saturated rings. The zero-order valence-electron chi connectivity index (χ0n) is 22.8. The highest BCUT2D eigenvalue weighted by molar-refractivity contribution is 6.04. The van der Waals surface area contributed by atoms with Gasteiger partial charge in [0.15, 0.2) is 6.19 Å². The number of aliphatic hydroxyl groups is 1. The van der Waals surface area contributed by atoms with Gasteiger partial charge in [-0.1, -0.05) is 52.2 Å². The zero-order valence-corrected chi connectivity index (χ0v) is 22.8. The van der Waals surface area contributed by atoms with E-state index in [0.717, 1.165) is 37.7 Å². The molecule has 1 aromatic carbocycles. The maximum atomic E-state index is 14.2. The summed E-state index contributed by atoms with van der Waals surface area (Å²) in [6.45, 7) is 6.84. The van der Waals surface area contributed by atoms with E-state index in [1.807, 2.05) is 30.5 Å². The second-order valence-corrected chi connectivity index (χ2v) is 12.1. The Hall–Kier alpha value is -3.12. The van der Waals surface area contributed by atoms with E-state index >= 15 is 0 Å². The van der Waals surface area contributed by atoms with Crippen LogP contribution in [-0.4, -0.2) is 65.0 Å². The van der Waals surface area contributed by atoms with Crippen LogP contribution < -0.4 is 15.5 Å². The van der Waals surface area contributed by atoms with Crippen molar-refractivity contribution in [3.63, 3.8) is 0 Å². The van der Waals surface area contributed by atoms with E-state index in [4.69, 9.17) is 0 Å². The molecule has 38 heavy (non-hydrogen) atoms. The van der Waals surface area contributed by atoms with Crippen LogP contribution in [0.3, 0.4) is 0 Å². The molecule has 2 unspecified atom stereocenters. The maximum Gasteiger partial charge on any atom is 0.251 e. The van der Waals surface area contributed by atoms with Gasteiger partial charge in [-0.2, -0.15) is 5.26 Å². The number of carbonyl (C=O) groups is 3. The lowest BCUT2D eigenvalue weighted by Gasteiger charge is -2.40. The number of likely N-dealkylation sites (tertiary alicyclic amines) is 1. The summed E-state index contributed by atoms with van der Waals surface area (Å²) in [7, 11) is 0. The van der Waals surface area contributed by atoms with E-state index in [2.05, 4.69) is 31.4 Å². The Kier molecular flexibility index (Phi) is 8.61. The normalized spacial score (nSPS) is 25.3. The lowest BCUT2D eigenvalue weighted by atomic mass is 9.85. The van der Waals surface area contributed by atoms with E-state index in [9.17, 15) is 24.8 Å². The number of hydrogen-bond acceptors (Lipinski definition) is 6. The summed E-state index contributed by atoms with van der Waals surface area (Å²) in [5.74, 6) is -1.17. The fourth-order valence-corrected chi connectivity index (χ4v) is 6.02. The summed E-state index contributed by atoms with van der Waals surface area (Å²) in [5, 5.41) is 26.0. The number of anilines is 1. The summed E-state index contributed by atoms with van der Waals surface area (Å²) in [4.78, 5) is 43.5. The van der Waals surface area contributed by atoms with E-state index in [1.165, 1.54) is 9.80 Å². The van der Waals surface area contributed by atoms with Crippen molar-refractivity contribution in [3.05, 3.63) is 29.8 Å². The third-order valence-electron chi connectivity index (χ3n) is 8.17. The molecule has 9 heteroatoms. The van der Waals surface area contributed by atoms with Crippen molar-refractivity contribution in [3.8, 4) is 6.19 Å². The van der Waals surface area contributed by atoms with E-state index < -0.39 is 24.1 Å². The number of aliphatic hydroxyl groups excluding tert-OH is 1. The molecule has 2 aliphatic heterocycles. The summed E-state index contributed by atoms with van der Waals surface area (Å²) < 4.78 is 0. The number of benzene rings is 1. The van der Waals surface area contributed by atoms with Gasteiger partial charge in [0.2, 0.25) is 11.8 Å². The second kappa shape index (κ2) is 11.7. The molecule has 0 aromatic heterocycles. The number of nitrogens with zero attached hydrogens (tertiary/aromatic N) is 3. The molecule has 3 amide bonds. The van der Waals surface area contributed by atoms with Gasteiger partial charge in [0, 0.05) is 31.1 Å². The second-order valence-electron chi connectivity index (χ2n) is 12.1. The minimum atomic E-state index is -0.908. The largest absolute Gasteiger partial charge is 0.391 e. The number of rotatable bonds is 6. The fraction of sp³-hybridized carbons (Fsp3) is 0.655. The smallest absolute Gasteiger partial charge is 0.251 e. The van der Waals surface area contributed by atoms with E-state index in [1.54, 1.807) is 0 Å². The number of nitrogens with one attached hydrogen (secondary N) is 2. The fourth-order valence-electron chi connectivity index (χ4n) is 6.02. The highest BCUT2D eigenvalue weighted by Gasteiger charge is 2.45. The zero-order chi connectivity index (χ0) is 27.4. The highest BCUT2D eigenvalue weighted by atomic mass is 16.3. The van der Waals surface area contributed by atoms with Crippen molar-refractivity contribution in [2.24, 2.45) is 5.92 Å². The number of nitriles is 1. The van der Waals surface area contributed by atoms with Gasteiger partial charge >= 0.3 is 0 Å². The first-order chi connectivity index (χ1) is 18.1. The molecule has 0 bridgehead atoms. The van der Waals surface area contributed by atoms with Crippen LogP contribution in [0.15, 0.2) is 24.3 Å². The molecule has 3 aliphatic rings. The Morgan fingerprint density at radius 3 is 2.45 bits per heavy atom. The van der Waals surface area contributed by atoms with Crippen LogP contribution >= 0.6 is 0 Å². The standard InChI is InChI=1S/C29H41N5O4/c1-29(2,3)20-9-11-22(12-10-20)34(28(38)24-16-23(35)17-33(24)18-30)26(19-13-14-31-25(36)15-19)27(37)32-21-7-5-4-6-8-21/h9-12,19,21,23-24,26,35H,4-8,13-17H2,1-3H3,(H,31,36)(H,32,37)/t19?,23-,24-,26?/m1/s1. The van der Waals surface area contributed by atoms with Gasteiger partial charge in [-0.15, -0.1) is 0 Å². The number of amides is 3. The van der Waals surface area contributed by atoms with Crippen LogP contribution in [0.25, 0.3) is 0 Å². The monoisotopic (exact) mass is 523 g/mol. The van der Waals surface area contributed by atoms with Crippen molar-refractivity contribution >= 4 is 23.4 Å². The molecule has 1 aliphatic carbocycles. The molecule has 2 saturated heterocycles. The van der Waals surface area contributed by atoms with Crippen LogP contribution in [0.2, 0.25) is 0 Å². The Labute approximate surface area is 225 Å². The summed E-state index contributed by atoms with van der Waals surface area (Å²) >= 11 is 0. The van der Waals surface area contributed by atoms with Gasteiger partial charge in [-0.3, -0.25) is 24.2 Å². The van der Waals surface area contributed by atoms with Crippen LogP contribution in [0.1, 0.15) is 77.7 Å². The molecule has 1 aromatic rings. The molecular weight excluding hydrogens is 482 g/mol. The van der Waals surface area contributed by atoms with Crippen molar-refractivity contribution < 1.29 is 19.5 Å². The molecule has 4 atom stereocenters. The van der Waals surface area contributed by atoms with Gasteiger partial charge in [0.1, 0.15) is 12.1 Å². The summed E-state index contributed by atoms with van der Waals surface area (Å²) in [6, 6.07) is 5.89. The molecule has 0 radical (unpaired) electrons. The minimum Gasteiger partial charge on any atom is -0.391 e. The van der Waals surface area contributed by atoms with Crippen molar-refractivity contribution in [1.82, 2.24) is 15.5 Å². The van der Waals surface area contributed by atoms with Crippen LogP contribution in [0, 0.1) is 17.4 Å². The predicted octanol–water partition coefficient (Wildman–Crippen LogP) is 2.58. The number of carbonyl (C=O) groups excluding carboxylic acids is 3. The summed E-state index contributed by atoms with van der Waals surface area (Å²) in [6.07, 6.45) is 7.11. The van der Waals surface area contributed by atoms with Crippen LogP contribution in [0.4, 0.5) is 5.69 Å².